The van der Waals surface area contributed by atoms with E-state index in [1.54, 1.807) is 13.8 Å². The Kier molecular flexibility index (Phi) is 11.7. The van der Waals surface area contributed by atoms with Crippen molar-refractivity contribution in [2.24, 2.45) is 0 Å². The predicted octanol–water partition coefficient (Wildman–Crippen LogP) is 3.51. The molecule has 0 bridgehead atoms. The van der Waals surface area contributed by atoms with E-state index in [1.165, 1.54) is 40.7 Å². The second-order valence-electron chi connectivity index (χ2n) is 9.17. The molecule has 2 aromatic carbocycles. The van der Waals surface area contributed by atoms with Crippen LogP contribution in [0.3, 0.4) is 0 Å². The molecule has 0 aliphatic carbocycles. The van der Waals surface area contributed by atoms with E-state index in [4.69, 9.17) is 20.6 Å². The van der Waals surface area contributed by atoms with Crippen molar-refractivity contribution >= 4 is 61.4 Å². The summed E-state index contributed by atoms with van der Waals surface area (Å²) in [6.07, 6.45) is 1.28. The predicted molar refractivity (Wildman–Crippen MR) is 164 cm³/mol. The Morgan fingerprint density at radius 1 is 0.953 bits per heavy atom. The third kappa shape index (κ3) is 7.91. The molecule has 0 aliphatic heterocycles. The van der Waals surface area contributed by atoms with Crippen molar-refractivity contribution in [2.45, 2.75) is 50.3 Å². The fourth-order valence-electron chi connectivity index (χ4n) is 4.14. The van der Waals surface area contributed by atoms with E-state index in [2.05, 4.69) is 10.4 Å². The topological polar surface area (TPSA) is 181 Å². The summed E-state index contributed by atoms with van der Waals surface area (Å²) in [5.74, 6) is -0.857. The number of benzene rings is 2. The first-order valence-corrected chi connectivity index (χ1v) is 18.3. The van der Waals surface area contributed by atoms with Gasteiger partial charge in [0.25, 0.3) is 21.5 Å². The molecule has 43 heavy (non-hydrogen) atoms. The van der Waals surface area contributed by atoms with Crippen LogP contribution in [0.15, 0.2) is 57.1 Å². The van der Waals surface area contributed by atoms with Crippen molar-refractivity contribution in [3.05, 3.63) is 63.4 Å². The lowest BCUT2D eigenvalue weighted by Crippen LogP contribution is -2.41. The Labute approximate surface area is 255 Å². The van der Waals surface area contributed by atoms with Gasteiger partial charge in [-0.05, 0) is 69.2 Å². The molecule has 17 heteroatoms. The highest BCUT2D eigenvalue weighted by Crippen LogP contribution is 2.46. The standard InChI is InChI=1S/C26H34ClN4O9PS2/c1-5-13-31(14-6-2)43(37,38)20-11-9-18(10-12-20)25(32)29-30-42(35,36)24-16-19-15-23(41(34,39-7-3)40-8-4)26(33)28-22(19)17-21(24)27/h9-12,15-17,30H,5-8,13-14H2,1-4H3,(H,28,33)(H,29,32). The second kappa shape index (κ2) is 14.4. The lowest BCUT2D eigenvalue weighted by atomic mass is 10.2. The minimum Gasteiger partial charge on any atom is -0.321 e. The van der Waals surface area contributed by atoms with Crippen LogP contribution < -0.4 is 21.1 Å². The average molecular weight is 677 g/mol. The van der Waals surface area contributed by atoms with E-state index < -0.39 is 44.0 Å². The van der Waals surface area contributed by atoms with Crippen LogP contribution in [0.4, 0.5) is 0 Å². The van der Waals surface area contributed by atoms with E-state index in [1.807, 2.05) is 18.7 Å². The van der Waals surface area contributed by atoms with Gasteiger partial charge in [-0.3, -0.25) is 19.6 Å². The van der Waals surface area contributed by atoms with Gasteiger partial charge in [-0.1, -0.05) is 25.4 Å². The number of hydrogen-bond donors (Lipinski definition) is 3. The summed E-state index contributed by atoms with van der Waals surface area (Å²) in [4.78, 5) is 29.4. The third-order valence-corrected chi connectivity index (χ3v) is 11.8. The molecule has 0 fully saturated rings. The van der Waals surface area contributed by atoms with Crippen LogP contribution in [-0.4, -0.2) is 58.3 Å². The fourth-order valence-corrected chi connectivity index (χ4v) is 8.80. The highest BCUT2D eigenvalue weighted by molar-refractivity contribution is 7.89. The van der Waals surface area contributed by atoms with Gasteiger partial charge in [0.05, 0.1) is 23.1 Å². The number of aromatic amines is 1. The first kappa shape index (κ1) is 34.9. The Morgan fingerprint density at radius 3 is 2.07 bits per heavy atom. The van der Waals surface area contributed by atoms with Gasteiger partial charge in [-0.25, -0.2) is 16.8 Å². The van der Waals surface area contributed by atoms with E-state index >= 15 is 0 Å². The summed E-state index contributed by atoms with van der Waals surface area (Å²) < 4.78 is 77.2. The maximum absolute atomic E-state index is 13.2. The first-order chi connectivity index (χ1) is 20.2. The van der Waals surface area contributed by atoms with E-state index in [9.17, 15) is 31.0 Å². The molecule has 0 spiro atoms. The van der Waals surface area contributed by atoms with Gasteiger partial charge in [0.2, 0.25) is 10.0 Å². The van der Waals surface area contributed by atoms with Crippen molar-refractivity contribution in [1.29, 1.82) is 0 Å². The molecule has 1 heterocycles. The van der Waals surface area contributed by atoms with Crippen LogP contribution in [0.1, 0.15) is 50.9 Å². The van der Waals surface area contributed by atoms with Crippen molar-refractivity contribution < 1.29 is 35.2 Å². The summed E-state index contributed by atoms with van der Waals surface area (Å²) in [6, 6.07) is 8.62. The molecule has 236 valence electrons. The molecule has 0 atom stereocenters. The number of nitrogens with one attached hydrogen (secondary N) is 3. The fraction of sp³-hybridized carbons (Fsp3) is 0.385. The zero-order valence-electron chi connectivity index (χ0n) is 24.0. The Balaban J connectivity index is 1.86. The molecule has 1 amide bonds. The molecular weight excluding hydrogens is 643 g/mol. The average Bonchev–Trinajstić information content (AvgIpc) is 2.95. The van der Waals surface area contributed by atoms with Crippen LogP contribution in [0, 0.1) is 0 Å². The van der Waals surface area contributed by atoms with Gasteiger partial charge >= 0.3 is 7.60 Å². The van der Waals surface area contributed by atoms with Crippen molar-refractivity contribution in [1.82, 2.24) is 19.5 Å². The van der Waals surface area contributed by atoms with E-state index in [-0.39, 0.29) is 44.9 Å². The van der Waals surface area contributed by atoms with Gasteiger partial charge in [0.1, 0.15) is 10.2 Å². The van der Waals surface area contributed by atoms with Crippen LogP contribution >= 0.6 is 19.2 Å². The number of carbonyl (C=O) groups is 1. The minimum absolute atomic E-state index is 0.00473. The van der Waals surface area contributed by atoms with Crippen LogP contribution in [0.2, 0.25) is 5.02 Å². The summed E-state index contributed by atoms with van der Waals surface area (Å²) in [7, 11) is -12.2. The SMILES string of the molecule is CCCN(CCC)S(=O)(=O)c1ccc(C(=O)NNS(=O)(=O)c2cc3cc(P(=O)(OCC)OCC)c(=O)[nH]c3cc2Cl)cc1. The summed E-state index contributed by atoms with van der Waals surface area (Å²) in [5, 5.41) is -0.426. The lowest BCUT2D eigenvalue weighted by molar-refractivity contribution is 0.0945. The molecule has 0 saturated heterocycles. The number of fused-ring (bicyclic) bond motifs is 1. The number of hydrazine groups is 1. The molecule has 1 aromatic heterocycles. The number of H-pyrrole nitrogens is 1. The number of carbonyl (C=O) groups excluding carboxylic acids is 1. The number of amides is 1. The molecular formula is C26H34ClN4O9PS2. The molecule has 0 unspecified atom stereocenters. The van der Waals surface area contributed by atoms with Gasteiger partial charge in [-0.2, -0.15) is 4.31 Å². The number of aromatic nitrogens is 1. The second-order valence-corrected chi connectivity index (χ2v) is 15.2. The van der Waals surface area contributed by atoms with Crippen LogP contribution in [-0.2, 0) is 33.7 Å². The Morgan fingerprint density at radius 2 is 1.53 bits per heavy atom. The minimum atomic E-state index is -4.46. The highest BCUT2D eigenvalue weighted by atomic mass is 35.5. The molecule has 3 aromatic rings. The number of sulfonamides is 2. The normalized spacial score (nSPS) is 12.6. The van der Waals surface area contributed by atoms with Gasteiger partial charge in [0.15, 0.2) is 0 Å². The third-order valence-electron chi connectivity index (χ3n) is 6.06. The Hall–Kier alpha value is -2.62. The monoisotopic (exact) mass is 676 g/mol. The molecule has 0 aliphatic rings. The molecule has 3 rings (SSSR count). The summed E-state index contributed by atoms with van der Waals surface area (Å²) in [6.45, 7) is 7.60. The summed E-state index contributed by atoms with van der Waals surface area (Å²) in [5.41, 5.74) is 1.48. The van der Waals surface area contributed by atoms with Gasteiger partial charge in [-0.15, -0.1) is 4.83 Å². The van der Waals surface area contributed by atoms with Crippen molar-refractivity contribution in [3.63, 3.8) is 0 Å². The van der Waals surface area contributed by atoms with Crippen molar-refractivity contribution in [2.75, 3.05) is 26.3 Å². The van der Waals surface area contributed by atoms with Crippen LogP contribution in [0.5, 0.6) is 0 Å². The number of hydrogen-bond acceptors (Lipinski definition) is 9. The number of halogens is 1. The zero-order chi connectivity index (χ0) is 32.0. The number of nitrogens with zero attached hydrogens (tertiary/aromatic N) is 1. The molecule has 3 N–H and O–H groups in total. The first-order valence-electron chi connectivity index (χ1n) is 13.4. The Bertz CT molecular complexity index is 1780. The number of rotatable bonds is 15. The quantitative estimate of drug-likeness (QED) is 0.160. The van der Waals surface area contributed by atoms with E-state index in [0.717, 1.165) is 6.07 Å². The van der Waals surface area contributed by atoms with Gasteiger partial charge < -0.3 is 14.0 Å². The van der Waals surface area contributed by atoms with Gasteiger partial charge in [0, 0.05) is 29.6 Å². The maximum atomic E-state index is 13.2. The summed E-state index contributed by atoms with van der Waals surface area (Å²) >= 11 is 6.21. The molecule has 13 nitrogen and oxygen atoms in total. The zero-order valence-corrected chi connectivity index (χ0v) is 27.3. The van der Waals surface area contributed by atoms with Crippen LogP contribution in [0.25, 0.3) is 10.9 Å². The largest absolute Gasteiger partial charge is 0.366 e. The lowest BCUT2D eigenvalue weighted by Gasteiger charge is -2.21. The highest BCUT2D eigenvalue weighted by Gasteiger charge is 2.31. The molecule has 0 saturated carbocycles. The maximum Gasteiger partial charge on any atom is 0.366 e. The van der Waals surface area contributed by atoms with Crippen molar-refractivity contribution in [3.8, 4) is 0 Å². The number of pyridine rings is 1. The molecule has 0 radical (unpaired) electrons. The smallest absolute Gasteiger partial charge is 0.321 e. The van der Waals surface area contributed by atoms with E-state index in [0.29, 0.717) is 25.9 Å².